The Kier molecular flexibility index (Phi) is 6.60. The van der Waals surface area contributed by atoms with E-state index in [1.807, 2.05) is 31.3 Å². The Morgan fingerprint density at radius 3 is 2.56 bits per heavy atom. The van der Waals surface area contributed by atoms with E-state index >= 15 is 0 Å². The largest absolute Gasteiger partial charge is 0.380 e. The van der Waals surface area contributed by atoms with E-state index in [0.717, 1.165) is 37.5 Å². The van der Waals surface area contributed by atoms with Crippen molar-refractivity contribution in [3.63, 3.8) is 0 Å². The van der Waals surface area contributed by atoms with Gasteiger partial charge in [-0.25, -0.2) is 9.97 Å². The van der Waals surface area contributed by atoms with Gasteiger partial charge >= 0.3 is 0 Å². The second-order valence-corrected chi connectivity index (χ2v) is 4.38. The summed E-state index contributed by atoms with van der Waals surface area (Å²) in [7, 11) is 1.96. The molecule has 102 valence electrons. The number of anilines is 1. The summed E-state index contributed by atoms with van der Waals surface area (Å²) < 4.78 is 5.30. The van der Waals surface area contributed by atoms with Crippen molar-refractivity contribution in [1.29, 1.82) is 0 Å². The molecule has 0 amide bonds. The van der Waals surface area contributed by atoms with E-state index in [4.69, 9.17) is 10.5 Å². The molecule has 1 aromatic heterocycles. The first-order valence-corrected chi connectivity index (χ1v) is 6.52. The van der Waals surface area contributed by atoms with Gasteiger partial charge in [-0.3, -0.25) is 0 Å². The molecule has 1 rings (SSSR count). The van der Waals surface area contributed by atoms with Crippen LogP contribution in [0.5, 0.6) is 0 Å². The molecule has 5 heteroatoms. The number of rotatable bonds is 8. The molecule has 0 bridgehead atoms. The van der Waals surface area contributed by atoms with Crippen LogP contribution in [-0.4, -0.2) is 42.8 Å². The summed E-state index contributed by atoms with van der Waals surface area (Å²) in [5.74, 6) is 0.725. The summed E-state index contributed by atoms with van der Waals surface area (Å²) >= 11 is 0. The number of likely N-dealkylation sites (N-methyl/N-ethyl adjacent to an activating group) is 1. The van der Waals surface area contributed by atoms with Gasteiger partial charge in [-0.2, -0.15) is 0 Å². The van der Waals surface area contributed by atoms with Crippen molar-refractivity contribution < 1.29 is 4.74 Å². The van der Waals surface area contributed by atoms with Crippen LogP contribution in [0.15, 0.2) is 12.4 Å². The number of hydrogen-bond donors (Lipinski definition) is 1. The van der Waals surface area contributed by atoms with E-state index in [9.17, 15) is 0 Å². The average molecular weight is 252 g/mol. The van der Waals surface area contributed by atoms with Crippen molar-refractivity contribution >= 4 is 5.95 Å². The third kappa shape index (κ3) is 4.98. The number of nitrogens with two attached hydrogens (primary N) is 1. The molecule has 0 spiro atoms. The molecule has 0 radical (unpaired) electrons. The van der Waals surface area contributed by atoms with Crippen molar-refractivity contribution in [2.75, 3.05) is 31.7 Å². The molecule has 0 aliphatic rings. The fourth-order valence-corrected chi connectivity index (χ4v) is 1.54. The summed E-state index contributed by atoms with van der Waals surface area (Å²) in [4.78, 5) is 10.7. The lowest BCUT2D eigenvalue weighted by Gasteiger charge is -2.17. The van der Waals surface area contributed by atoms with Crippen LogP contribution in [0, 0.1) is 0 Å². The van der Waals surface area contributed by atoms with Crippen molar-refractivity contribution in [3.8, 4) is 0 Å². The number of nitrogens with zero attached hydrogens (tertiary/aromatic N) is 3. The van der Waals surface area contributed by atoms with E-state index in [2.05, 4.69) is 16.9 Å². The molecule has 0 fully saturated rings. The fraction of sp³-hybridized carbons (Fsp3) is 0.692. The third-order valence-electron chi connectivity index (χ3n) is 2.83. The third-order valence-corrected chi connectivity index (χ3v) is 2.83. The van der Waals surface area contributed by atoms with Gasteiger partial charge in [0.25, 0.3) is 0 Å². The van der Waals surface area contributed by atoms with Gasteiger partial charge in [0.15, 0.2) is 0 Å². The highest BCUT2D eigenvalue weighted by Crippen LogP contribution is 2.07. The molecular weight excluding hydrogens is 228 g/mol. The maximum atomic E-state index is 5.90. The lowest BCUT2D eigenvalue weighted by molar-refractivity contribution is 0.154. The van der Waals surface area contributed by atoms with Gasteiger partial charge in [0.1, 0.15) is 0 Å². The van der Waals surface area contributed by atoms with Crippen LogP contribution in [0.1, 0.15) is 25.8 Å². The van der Waals surface area contributed by atoms with Crippen LogP contribution >= 0.6 is 0 Å². The van der Waals surface area contributed by atoms with Crippen LogP contribution in [0.25, 0.3) is 0 Å². The van der Waals surface area contributed by atoms with Gasteiger partial charge in [-0.05, 0) is 25.3 Å². The summed E-state index contributed by atoms with van der Waals surface area (Å²) in [6, 6.07) is 0.190. The highest BCUT2D eigenvalue weighted by atomic mass is 16.5. The van der Waals surface area contributed by atoms with Crippen molar-refractivity contribution in [2.24, 2.45) is 5.73 Å². The van der Waals surface area contributed by atoms with E-state index in [0.29, 0.717) is 6.61 Å². The Balaban J connectivity index is 2.48. The van der Waals surface area contributed by atoms with Gasteiger partial charge < -0.3 is 15.4 Å². The average Bonchev–Trinajstić information content (AvgIpc) is 2.39. The molecule has 1 atom stereocenters. The predicted octanol–water partition coefficient (Wildman–Crippen LogP) is 1.23. The minimum Gasteiger partial charge on any atom is -0.380 e. The van der Waals surface area contributed by atoms with Gasteiger partial charge in [-0.15, -0.1) is 0 Å². The Hall–Kier alpha value is -1.20. The lowest BCUT2D eigenvalue weighted by Crippen LogP contribution is -2.25. The second kappa shape index (κ2) is 8.00. The molecule has 1 aromatic rings. The van der Waals surface area contributed by atoms with Crippen molar-refractivity contribution in [3.05, 3.63) is 18.0 Å². The normalized spacial score (nSPS) is 12.4. The van der Waals surface area contributed by atoms with Gasteiger partial charge in [0.05, 0.1) is 6.61 Å². The molecule has 1 heterocycles. The molecule has 5 nitrogen and oxygen atoms in total. The Labute approximate surface area is 109 Å². The van der Waals surface area contributed by atoms with Gasteiger partial charge in [0.2, 0.25) is 5.95 Å². The standard InChI is InChI=1S/C13H24N4O/c1-4-12(14)8-11-9-15-13(16-10-11)17(3)6-7-18-5-2/h9-10,12H,4-8,14H2,1-3H3. The Morgan fingerprint density at radius 1 is 1.33 bits per heavy atom. The van der Waals surface area contributed by atoms with Crippen LogP contribution < -0.4 is 10.6 Å². The predicted molar refractivity (Wildman–Crippen MR) is 73.8 cm³/mol. The Bertz CT molecular complexity index is 328. The number of ether oxygens (including phenoxy) is 1. The van der Waals surface area contributed by atoms with Crippen molar-refractivity contribution in [2.45, 2.75) is 32.7 Å². The van der Waals surface area contributed by atoms with Crippen LogP contribution in [-0.2, 0) is 11.2 Å². The highest BCUT2D eigenvalue weighted by molar-refractivity contribution is 5.28. The first-order chi connectivity index (χ1) is 8.67. The zero-order valence-electron chi connectivity index (χ0n) is 11.6. The number of aromatic nitrogens is 2. The molecule has 2 N–H and O–H groups in total. The smallest absolute Gasteiger partial charge is 0.225 e. The molecule has 0 saturated carbocycles. The minimum atomic E-state index is 0.190. The molecule has 0 aliphatic heterocycles. The maximum Gasteiger partial charge on any atom is 0.225 e. The topological polar surface area (TPSA) is 64.3 Å². The van der Waals surface area contributed by atoms with E-state index in [1.165, 1.54) is 0 Å². The summed E-state index contributed by atoms with van der Waals surface area (Å²) in [5, 5.41) is 0. The molecular formula is C13H24N4O. The second-order valence-electron chi connectivity index (χ2n) is 4.38. The Morgan fingerprint density at radius 2 is 2.00 bits per heavy atom. The van der Waals surface area contributed by atoms with Crippen LogP contribution in [0.4, 0.5) is 5.95 Å². The molecule has 18 heavy (non-hydrogen) atoms. The molecule has 0 saturated heterocycles. The monoisotopic (exact) mass is 252 g/mol. The van der Waals surface area contributed by atoms with Crippen LogP contribution in [0.3, 0.4) is 0 Å². The van der Waals surface area contributed by atoms with Gasteiger partial charge in [-0.1, -0.05) is 6.92 Å². The highest BCUT2D eigenvalue weighted by Gasteiger charge is 2.06. The first-order valence-electron chi connectivity index (χ1n) is 6.52. The van der Waals surface area contributed by atoms with E-state index in [-0.39, 0.29) is 6.04 Å². The lowest BCUT2D eigenvalue weighted by atomic mass is 10.1. The van der Waals surface area contributed by atoms with Gasteiger partial charge in [0, 0.05) is 38.6 Å². The fourth-order valence-electron chi connectivity index (χ4n) is 1.54. The molecule has 1 unspecified atom stereocenters. The zero-order valence-corrected chi connectivity index (χ0v) is 11.6. The summed E-state index contributed by atoms with van der Waals surface area (Å²) in [6.45, 7) is 6.30. The molecule has 0 aliphatic carbocycles. The van der Waals surface area contributed by atoms with E-state index in [1.54, 1.807) is 0 Å². The summed E-state index contributed by atoms with van der Waals surface area (Å²) in [6.07, 6.45) is 5.51. The first kappa shape index (κ1) is 14.9. The zero-order chi connectivity index (χ0) is 13.4. The minimum absolute atomic E-state index is 0.190. The summed E-state index contributed by atoms with van der Waals surface area (Å²) in [5.41, 5.74) is 6.99. The molecule has 0 aromatic carbocycles. The van der Waals surface area contributed by atoms with Crippen LogP contribution in [0.2, 0.25) is 0 Å². The van der Waals surface area contributed by atoms with Crippen molar-refractivity contribution in [1.82, 2.24) is 9.97 Å². The van der Waals surface area contributed by atoms with E-state index < -0.39 is 0 Å². The number of hydrogen-bond acceptors (Lipinski definition) is 5. The SMILES string of the molecule is CCOCCN(C)c1ncc(CC(N)CC)cn1. The maximum absolute atomic E-state index is 5.90. The quantitative estimate of drug-likeness (QED) is 0.705.